The number of nitrogens with zero attached hydrogens (tertiary/aromatic N) is 1. The van der Waals surface area contributed by atoms with E-state index < -0.39 is 0 Å². The summed E-state index contributed by atoms with van der Waals surface area (Å²) in [5, 5.41) is 10.9. The van der Waals surface area contributed by atoms with Crippen molar-refractivity contribution >= 4 is 22.5 Å². The van der Waals surface area contributed by atoms with Crippen molar-refractivity contribution in [1.82, 2.24) is 4.98 Å². The monoisotopic (exact) mass is 260 g/mol. The van der Waals surface area contributed by atoms with Gasteiger partial charge in [0.25, 0.3) is 0 Å². The van der Waals surface area contributed by atoms with E-state index in [4.69, 9.17) is 16.3 Å². The molecule has 0 saturated heterocycles. The molecule has 92 valence electrons. The van der Waals surface area contributed by atoms with Gasteiger partial charge in [0.15, 0.2) is 0 Å². The normalized spacial score (nSPS) is 18.4. The molecule has 1 heterocycles. The first-order chi connectivity index (χ1) is 8.76. The topological polar surface area (TPSA) is 48.8 Å². The first-order valence-corrected chi connectivity index (χ1v) is 6.40. The van der Waals surface area contributed by atoms with E-state index in [0.29, 0.717) is 5.02 Å². The molecule has 0 amide bonds. The Hall–Kier alpha value is -1.66. The number of aromatic nitrogens is 1. The SMILES string of the molecule is COc1ccc(Cl)c2c3c([nH]c12)CCCC3C#N. The minimum Gasteiger partial charge on any atom is -0.495 e. The highest BCUT2D eigenvalue weighted by Crippen LogP contribution is 2.42. The number of fused-ring (bicyclic) bond motifs is 3. The van der Waals surface area contributed by atoms with Gasteiger partial charge in [0.05, 0.1) is 29.6 Å². The molecule has 1 aromatic carbocycles. The van der Waals surface area contributed by atoms with Crippen LogP contribution in [0.15, 0.2) is 12.1 Å². The zero-order valence-electron chi connectivity index (χ0n) is 10.1. The van der Waals surface area contributed by atoms with E-state index >= 15 is 0 Å². The number of methoxy groups -OCH3 is 1. The van der Waals surface area contributed by atoms with Gasteiger partial charge in [-0.15, -0.1) is 0 Å². The summed E-state index contributed by atoms with van der Waals surface area (Å²) in [6.07, 6.45) is 2.92. The predicted octanol–water partition coefficient (Wildman–Crippen LogP) is 3.77. The average Bonchev–Trinajstić information content (AvgIpc) is 2.79. The smallest absolute Gasteiger partial charge is 0.143 e. The van der Waals surface area contributed by atoms with E-state index in [2.05, 4.69) is 11.1 Å². The van der Waals surface area contributed by atoms with Crippen LogP contribution in [0.5, 0.6) is 5.75 Å². The summed E-state index contributed by atoms with van der Waals surface area (Å²) >= 11 is 6.30. The zero-order chi connectivity index (χ0) is 12.7. The van der Waals surface area contributed by atoms with Crippen molar-refractivity contribution in [2.24, 2.45) is 0 Å². The Balaban J connectivity index is 2.38. The third-order valence-corrected chi connectivity index (χ3v) is 3.95. The number of H-pyrrole nitrogens is 1. The molecule has 0 fully saturated rings. The van der Waals surface area contributed by atoms with Crippen molar-refractivity contribution in [3.63, 3.8) is 0 Å². The minimum absolute atomic E-state index is 0.0629. The summed E-state index contributed by atoms with van der Waals surface area (Å²) in [5.74, 6) is 0.715. The molecule has 1 atom stereocenters. The number of ether oxygens (including phenoxy) is 1. The molecule has 2 aromatic rings. The van der Waals surface area contributed by atoms with Crippen molar-refractivity contribution in [3.05, 3.63) is 28.4 Å². The molecule has 0 aliphatic heterocycles. The van der Waals surface area contributed by atoms with Crippen LogP contribution < -0.4 is 4.74 Å². The van der Waals surface area contributed by atoms with Crippen molar-refractivity contribution in [3.8, 4) is 11.8 Å². The number of aryl methyl sites for hydroxylation is 1. The van der Waals surface area contributed by atoms with Crippen molar-refractivity contribution in [1.29, 1.82) is 5.26 Å². The minimum atomic E-state index is -0.0629. The van der Waals surface area contributed by atoms with Crippen LogP contribution in [0, 0.1) is 11.3 Å². The van der Waals surface area contributed by atoms with E-state index in [1.165, 1.54) is 0 Å². The van der Waals surface area contributed by atoms with Gasteiger partial charge < -0.3 is 9.72 Å². The highest BCUT2D eigenvalue weighted by atomic mass is 35.5. The number of benzene rings is 1. The molecule has 1 aromatic heterocycles. The van der Waals surface area contributed by atoms with Gasteiger partial charge in [-0.2, -0.15) is 5.26 Å². The Morgan fingerprint density at radius 3 is 3.06 bits per heavy atom. The lowest BCUT2D eigenvalue weighted by Crippen LogP contribution is -2.06. The van der Waals surface area contributed by atoms with Gasteiger partial charge in [0.2, 0.25) is 0 Å². The Labute approximate surface area is 110 Å². The summed E-state index contributed by atoms with van der Waals surface area (Å²) in [5.41, 5.74) is 3.12. The molecule has 3 rings (SSSR count). The molecule has 4 heteroatoms. The molecule has 18 heavy (non-hydrogen) atoms. The van der Waals surface area contributed by atoms with E-state index in [1.807, 2.05) is 12.1 Å². The highest BCUT2D eigenvalue weighted by molar-refractivity contribution is 6.36. The fraction of sp³-hybridized carbons (Fsp3) is 0.357. The van der Waals surface area contributed by atoms with Crippen molar-refractivity contribution < 1.29 is 4.74 Å². The van der Waals surface area contributed by atoms with Crippen LogP contribution in [0.3, 0.4) is 0 Å². The van der Waals surface area contributed by atoms with Crippen LogP contribution in [0.25, 0.3) is 10.9 Å². The van der Waals surface area contributed by atoms with Gasteiger partial charge >= 0.3 is 0 Å². The Morgan fingerprint density at radius 1 is 1.50 bits per heavy atom. The second kappa shape index (κ2) is 4.22. The zero-order valence-corrected chi connectivity index (χ0v) is 10.8. The fourth-order valence-electron chi connectivity index (χ4n) is 2.82. The molecule has 0 radical (unpaired) electrons. The molecule has 3 nitrogen and oxygen atoms in total. The van der Waals surface area contributed by atoms with Crippen LogP contribution in [-0.4, -0.2) is 12.1 Å². The lowest BCUT2D eigenvalue weighted by atomic mass is 9.86. The standard InChI is InChI=1S/C14H13ClN2O/c1-18-11-6-5-9(15)13-12-8(7-16)3-2-4-10(12)17-14(11)13/h5-6,8,17H,2-4H2,1H3. The molecule has 0 bridgehead atoms. The van der Waals surface area contributed by atoms with Crippen molar-refractivity contribution in [2.75, 3.05) is 7.11 Å². The third kappa shape index (κ3) is 1.49. The number of hydrogen-bond donors (Lipinski definition) is 1. The van der Waals surface area contributed by atoms with Crippen LogP contribution >= 0.6 is 11.6 Å². The van der Waals surface area contributed by atoms with E-state index in [0.717, 1.165) is 47.2 Å². The van der Waals surface area contributed by atoms with Crippen LogP contribution in [0.1, 0.15) is 30.0 Å². The summed E-state index contributed by atoms with van der Waals surface area (Å²) in [7, 11) is 1.64. The first kappa shape index (κ1) is 11.4. The number of nitriles is 1. The number of hydrogen-bond acceptors (Lipinski definition) is 2. The molecule has 0 spiro atoms. The van der Waals surface area contributed by atoms with E-state index in [-0.39, 0.29) is 5.92 Å². The molecule has 1 N–H and O–H groups in total. The summed E-state index contributed by atoms with van der Waals surface area (Å²) in [6.45, 7) is 0. The van der Waals surface area contributed by atoms with Crippen molar-refractivity contribution in [2.45, 2.75) is 25.2 Å². The number of rotatable bonds is 1. The summed E-state index contributed by atoms with van der Waals surface area (Å²) in [6, 6.07) is 6.07. The second-order valence-electron chi connectivity index (χ2n) is 4.59. The van der Waals surface area contributed by atoms with Crippen LogP contribution in [-0.2, 0) is 6.42 Å². The molecule has 1 aliphatic rings. The largest absolute Gasteiger partial charge is 0.495 e. The lowest BCUT2D eigenvalue weighted by molar-refractivity contribution is 0.419. The lowest BCUT2D eigenvalue weighted by Gasteiger charge is -2.16. The highest BCUT2D eigenvalue weighted by Gasteiger charge is 2.26. The van der Waals surface area contributed by atoms with E-state index in [1.54, 1.807) is 7.11 Å². The first-order valence-electron chi connectivity index (χ1n) is 6.02. The maximum absolute atomic E-state index is 9.29. The predicted molar refractivity (Wildman–Crippen MR) is 71.2 cm³/mol. The average molecular weight is 261 g/mol. The van der Waals surface area contributed by atoms with Crippen LogP contribution in [0.2, 0.25) is 5.02 Å². The number of aromatic amines is 1. The molecular formula is C14H13ClN2O. The molecule has 0 saturated carbocycles. The number of halogens is 1. The molecule has 1 aliphatic carbocycles. The third-order valence-electron chi connectivity index (χ3n) is 3.63. The number of nitrogens with one attached hydrogen (secondary N) is 1. The maximum Gasteiger partial charge on any atom is 0.143 e. The summed E-state index contributed by atoms with van der Waals surface area (Å²) in [4.78, 5) is 3.38. The van der Waals surface area contributed by atoms with Gasteiger partial charge in [-0.05, 0) is 37.0 Å². The van der Waals surface area contributed by atoms with Gasteiger partial charge in [0, 0.05) is 11.1 Å². The maximum atomic E-state index is 9.29. The van der Waals surface area contributed by atoms with Gasteiger partial charge in [-0.3, -0.25) is 0 Å². The van der Waals surface area contributed by atoms with Gasteiger partial charge in [-0.25, -0.2) is 0 Å². The Morgan fingerprint density at radius 2 is 2.33 bits per heavy atom. The van der Waals surface area contributed by atoms with Gasteiger partial charge in [0.1, 0.15) is 5.75 Å². The Kier molecular flexibility index (Phi) is 2.68. The summed E-state index contributed by atoms with van der Waals surface area (Å²) < 4.78 is 5.36. The molecular weight excluding hydrogens is 248 g/mol. The van der Waals surface area contributed by atoms with Gasteiger partial charge in [-0.1, -0.05) is 11.6 Å². The quantitative estimate of drug-likeness (QED) is 0.848. The van der Waals surface area contributed by atoms with Crippen LogP contribution in [0.4, 0.5) is 0 Å². The molecule has 1 unspecified atom stereocenters. The Bertz CT molecular complexity index is 654. The van der Waals surface area contributed by atoms with E-state index in [9.17, 15) is 5.26 Å². The second-order valence-corrected chi connectivity index (χ2v) is 5.00. The fourth-order valence-corrected chi connectivity index (χ4v) is 3.08.